The molecular weight excluding hydrogens is 290 g/mol. The molecule has 0 unspecified atom stereocenters. The minimum Gasteiger partial charge on any atom is -0.497 e. The Morgan fingerprint density at radius 3 is 3.00 bits per heavy atom. The third-order valence-corrected chi connectivity index (χ3v) is 4.40. The van der Waals surface area contributed by atoms with Crippen LogP contribution in [0, 0.1) is 0 Å². The average molecular weight is 309 g/mol. The van der Waals surface area contributed by atoms with Gasteiger partial charge in [-0.05, 0) is 42.3 Å². The highest BCUT2D eigenvalue weighted by atomic mass is 16.5. The van der Waals surface area contributed by atoms with Crippen molar-refractivity contribution in [3.05, 3.63) is 60.0 Å². The SMILES string of the molecule is COc1cccc([C@H]2CCN2Cc2ccc(-c3ccn[nH]3)o2)c1. The summed E-state index contributed by atoms with van der Waals surface area (Å²) in [4.78, 5) is 2.42. The van der Waals surface area contributed by atoms with E-state index in [1.165, 1.54) is 12.0 Å². The van der Waals surface area contributed by atoms with Gasteiger partial charge in [-0.15, -0.1) is 0 Å². The first-order valence-corrected chi connectivity index (χ1v) is 7.80. The quantitative estimate of drug-likeness (QED) is 0.782. The van der Waals surface area contributed by atoms with Gasteiger partial charge in [-0.25, -0.2) is 0 Å². The molecule has 5 nitrogen and oxygen atoms in total. The molecule has 1 saturated heterocycles. The largest absolute Gasteiger partial charge is 0.497 e. The van der Waals surface area contributed by atoms with Crippen molar-refractivity contribution in [1.29, 1.82) is 0 Å². The highest BCUT2D eigenvalue weighted by molar-refractivity contribution is 5.51. The number of likely N-dealkylation sites (tertiary alicyclic amines) is 1. The first kappa shape index (κ1) is 14.1. The zero-order chi connectivity index (χ0) is 15.6. The fraction of sp³-hybridized carbons (Fsp3) is 0.278. The first-order valence-electron chi connectivity index (χ1n) is 7.80. The van der Waals surface area contributed by atoms with Gasteiger partial charge < -0.3 is 9.15 Å². The van der Waals surface area contributed by atoms with Crippen LogP contribution >= 0.6 is 0 Å². The number of nitrogens with zero attached hydrogens (tertiary/aromatic N) is 2. The van der Waals surface area contributed by atoms with Gasteiger partial charge in [-0.3, -0.25) is 10.00 Å². The van der Waals surface area contributed by atoms with Gasteiger partial charge in [-0.2, -0.15) is 5.10 Å². The van der Waals surface area contributed by atoms with Crippen LogP contribution in [0.4, 0.5) is 0 Å². The van der Waals surface area contributed by atoms with Gasteiger partial charge in [0.25, 0.3) is 0 Å². The molecule has 2 aromatic heterocycles. The molecule has 0 amide bonds. The summed E-state index contributed by atoms with van der Waals surface area (Å²) in [5, 5.41) is 6.88. The van der Waals surface area contributed by atoms with E-state index < -0.39 is 0 Å². The number of rotatable bonds is 5. The van der Waals surface area contributed by atoms with E-state index in [0.717, 1.165) is 36.1 Å². The summed E-state index contributed by atoms with van der Waals surface area (Å²) in [6.07, 6.45) is 2.90. The minimum absolute atomic E-state index is 0.436. The van der Waals surface area contributed by atoms with Crippen LogP contribution < -0.4 is 4.74 Å². The van der Waals surface area contributed by atoms with Gasteiger partial charge in [0.2, 0.25) is 0 Å². The number of aromatic nitrogens is 2. The normalized spacial score (nSPS) is 17.9. The summed E-state index contributed by atoms with van der Waals surface area (Å²) in [7, 11) is 1.71. The predicted molar refractivity (Wildman–Crippen MR) is 87.1 cm³/mol. The van der Waals surface area contributed by atoms with Gasteiger partial charge in [0.1, 0.15) is 17.2 Å². The van der Waals surface area contributed by atoms with Crippen molar-refractivity contribution < 1.29 is 9.15 Å². The number of nitrogens with one attached hydrogen (secondary N) is 1. The molecule has 5 heteroatoms. The molecule has 3 aromatic rings. The highest BCUT2D eigenvalue weighted by Gasteiger charge is 2.30. The van der Waals surface area contributed by atoms with Gasteiger partial charge in [0, 0.05) is 18.8 Å². The molecular formula is C18H19N3O2. The molecule has 1 aromatic carbocycles. The van der Waals surface area contributed by atoms with E-state index in [0.29, 0.717) is 6.04 Å². The summed E-state index contributed by atoms with van der Waals surface area (Å²) in [6.45, 7) is 1.90. The molecule has 118 valence electrons. The van der Waals surface area contributed by atoms with Crippen LogP contribution in [0.15, 0.2) is 53.1 Å². The smallest absolute Gasteiger partial charge is 0.152 e. The van der Waals surface area contributed by atoms with Crippen LogP contribution in [0.3, 0.4) is 0 Å². The number of methoxy groups -OCH3 is 1. The van der Waals surface area contributed by atoms with Crippen LogP contribution in [0.5, 0.6) is 5.75 Å². The molecule has 0 aliphatic carbocycles. The third kappa shape index (κ3) is 2.75. The molecule has 1 fully saturated rings. The Morgan fingerprint density at radius 2 is 2.26 bits per heavy atom. The number of H-pyrrole nitrogens is 1. The summed E-state index contributed by atoms with van der Waals surface area (Å²) in [5.41, 5.74) is 2.21. The Hall–Kier alpha value is -2.53. The molecule has 0 bridgehead atoms. The second-order valence-electron chi connectivity index (χ2n) is 5.79. The Kier molecular flexibility index (Phi) is 3.63. The lowest BCUT2D eigenvalue weighted by Gasteiger charge is -2.40. The summed E-state index contributed by atoms with van der Waals surface area (Å²) >= 11 is 0. The van der Waals surface area contributed by atoms with Crippen molar-refractivity contribution in [3.8, 4) is 17.2 Å². The van der Waals surface area contributed by atoms with E-state index in [-0.39, 0.29) is 0 Å². The monoisotopic (exact) mass is 309 g/mol. The molecule has 0 saturated carbocycles. The van der Waals surface area contributed by atoms with Crippen molar-refractivity contribution in [2.45, 2.75) is 19.0 Å². The lowest BCUT2D eigenvalue weighted by molar-refractivity contribution is 0.0738. The van der Waals surface area contributed by atoms with E-state index >= 15 is 0 Å². The van der Waals surface area contributed by atoms with Crippen molar-refractivity contribution >= 4 is 0 Å². The van der Waals surface area contributed by atoms with E-state index in [1.54, 1.807) is 13.3 Å². The molecule has 3 heterocycles. The number of aromatic amines is 1. The van der Waals surface area contributed by atoms with E-state index in [2.05, 4.69) is 27.2 Å². The molecule has 0 spiro atoms. The Morgan fingerprint density at radius 1 is 1.30 bits per heavy atom. The summed E-state index contributed by atoms with van der Waals surface area (Å²) in [6, 6.07) is 14.7. The second kappa shape index (κ2) is 5.93. The number of hydrogen-bond donors (Lipinski definition) is 1. The molecule has 4 rings (SSSR count). The van der Waals surface area contributed by atoms with Crippen LogP contribution in [0.25, 0.3) is 11.5 Å². The van der Waals surface area contributed by atoms with Gasteiger partial charge in [-0.1, -0.05) is 12.1 Å². The lowest BCUT2D eigenvalue weighted by atomic mass is 9.94. The van der Waals surface area contributed by atoms with Gasteiger partial charge >= 0.3 is 0 Å². The average Bonchev–Trinajstić information content (AvgIpc) is 3.23. The summed E-state index contributed by atoms with van der Waals surface area (Å²) < 4.78 is 11.3. The van der Waals surface area contributed by atoms with Gasteiger partial charge in [0.15, 0.2) is 5.76 Å². The number of hydrogen-bond acceptors (Lipinski definition) is 4. The standard InChI is InChI=1S/C18H19N3O2/c1-22-14-4-2-3-13(11-14)17-8-10-21(17)12-15-5-6-18(23-15)16-7-9-19-20-16/h2-7,9,11,17H,8,10,12H2,1H3,(H,19,20)/t17-/m1/s1. The zero-order valence-electron chi connectivity index (χ0n) is 13.0. The van der Waals surface area contributed by atoms with Crippen LogP contribution in [-0.2, 0) is 6.54 Å². The number of furan rings is 1. The maximum absolute atomic E-state index is 5.93. The minimum atomic E-state index is 0.436. The Labute approximate surface area is 134 Å². The Balaban J connectivity index is 1.47. The lowest BCUT2D eigenvalue weighted by Crippen LogP contribution is -2.40. The van der Waals surface area contributed by atoms with Crippen LogP contribution in [-0.4, -0.2) is 28.8 Å². The van der Waals surface area contributed by atoms with Crippen molar-refractivity contribution in [3.63, 3.8) is 0 Å². The molecule has 23 heavy (non-hydrogen) atoms. The van der Waals surface area contributed by atoms with Crippen LogP contribution in [0.2, 0.25) is 0 Å². The molecule has 1 aliphatic rings. The number of benzene rings is 1. The van der Waals surface area contributed by atoms with E-state index in [4.69, 9.17) is 9.15 Å². The fourth-order valence-corrected chi connectivity index (χ4v) is 3.06. The topological polar surface area (TPSA) is 54.3 Å². The van der Waals surface area contributed by atoms with Gasteiger partial charge in [0.05, 0.1) is 13.7 Å². The zero-order valence-corrected chi connectivity index (χ0v) is 13.0. The van der Waals surface area contributed by atoms with E-state index in [1.807, 2.05) is 30.3 Å². The maximum Gasteiger partial charge on any atom is 0.152 e. The first-order chi connectivity index (χ1) is 11.3. The van der Waals surface area contributed by atoms with Crippen molar-refractivity contribution in [1.82, 2.24) is 15.1 Å². The predicted octanol–water partition coefficient (Wildman–Crippen LogP) is 3.63. The van der Waals surface area contributed by atoms with E-state index in [9.17, 15) is 0 Å². The van der Waals surface area contributed by atoms with Crippen molar-refractivity contribution in [2.75, 3.05) is 13.7 Å². The highest BCUT2D eigenvalue weighted by Crippen LogP contribution is 2.36. The molecule has 0 radical (unpaired) electrons. The van der Waals surface area contributed by atoms with Crippen molar-refractivity contribution in [2.24, 2.45) is 0 Å². The fourth-order valence-electron chi connectivity index (χ4n) is 3.06. The Bertz CT molecular complexity index is 779. The number of ether oxygens (including phenoxy) is 1. The maximum atomic E-state index is 5.93. The molecule has 1 N–H and O–H groups in total. The second-order valence-corrected chi connectivity index (χ2v) is 5.79. The summed E-state index contributed by atoms with van der Waals surface area (Å²) in [5.74, 6) is 2.71. The molecule has 1 aliphatic heterocycles. The van der Waals surface area contributed by atoms with Crippen LogP contribution in [0.1, 0.15) is 23.8 Å². The third-order valence-electron chi connectivity index (χ3n) is 4.40. The molecule has 1 atom stereocenters.